The molecule has 0 saturated heterocycles. The Balaban J connectivity index is 3.02. The summed E-state index contributed by atoms with van der Waals surface area (Å²) in [5, 5.41) is 2.61. The van der Waals surface area contributed by atoms with Crippen LogP contribution < -0.4 is 5.32 Å². The Hall–Kier alpha value is -1.88. The van der Waals surface area contributed by atoms with Crippen LogP contribution >= 0.6 is 12.2 Å². The number of nitrogens with zero attached hydrogens (tertiary/aromatic N) is 1. The number of carbonyl (C=O) groups excluding carboxylic acids is 1. The molecule has 0 radical (unpaired) electrons. The molecule has 114 valence electrons. The molecule has 1 rings (SSSR count). The molecule has 4 nitrogen and oxygen atoms in total. The maximum absolute atomic E-state index is 11.6. The highest BCUT2D eigenvalue weighted by atomic mass is 32.1. The maximum Gasteiger partial charge on any atom is 0.412 e. The van der Waals surface area contributed by atoms with E-state index in [1.807, 2.05) is 36.5 Å². The van der Waals surface area contributed by atoms with Crippen LogP contribution in [-0.2, 0) is 4.74 Å². The zero-order valence-electron chi connectivity index (χ0n) is 12.8. The Bertz CT molecular complexity index is 496. The summed E-state index contributed by atoms with van der Waals surface area (Å²) in [4.78, 5) is 14.0. The Kier molecular flexibility index (Phi) is 7.46. The molecule has 0 aliphatic rings. The van der Waals surface area contributed by atoms with Gasteiger partial charge in [-0.1, -0.05) is 42.5 Å². The molecule has 1 N–H and O–H groups in total. The fourth-order valence-corrected chi connectivity index (χ4v) is 2.05. The molecular weight excluding hydrogens is 284 g/mol. The van der Waals surface area contributed by atoms with E-state index >= 15 is 0 Å². The van der Waals surface area contributed by atoms with Crippen LogP contribution in [0, 0.1) is 0 Å². The fraction of sp³-hybridized carbons (Fsp3) is 0.375. The standard InChI is InChI=1S/C16H22N2O2S/c1-4-18(5-2)12-14(13-10-8-7-9-11-13)15(21)17-16(19)20-6-3/h7-12H,4-6H2,1-3H3,(H,17,19,21)/b14-12-. The summed E-state index contributed by atoms with van der Waals surface area (Å²) in [5.41, 5.74) is 1.77. The van der Waals surface area contributed by atoms with Crippen LogP contribution in [0.5, 0.6) is 0 Å². The number of alkyl carbamates (subject to hydrolysis) is 1. The Morgan fingerprint density at radius 3 is 2.38 bits per heavy atom. The number of benzene rings is 1. The van der Waals surface area contributed by atoms with Gasteiger partial charge in [-0.15, -0.1) is 0 Å². The van der Waals surface area contributed by atoms with Gasteiger partial charge in [-0.3, -0.25) is 5.32 Å². The van der Waals surface area contributed by atoms with Gasteiger partial charge in [0.25, 0.3) is 0 Å². The highest BCUT2D eigenvalue weighted by Gasteiger charge is 2.13. The molecule has 0 unspecified atom stereocenters. The van der Waals surface area contributed by atoms with E-state index in [4.69, 9.17) is 17.0 Å². The van der Waals surface area contributed by atoms with Crippen molar-refractivity contribution in [2.45, 2.75) is 20.8 Å². The van der Waals surface area contributed by atoms with Gasteiger partial charge in [-0.25, -0.2) is 4.79 Å². The van der Waals surface area contributed by atoms with Crippen molar-refractivity contribution in [3.8, 4) is 0 Å². The number of amides is 1. The van der Waals surface area contributed by atoms with E-state index in [0.29, 0.717) is 11.6 Å². The van der Waals surface area contributed by atoms with Gasteiger partial charge in [-0.05, 0) is 26.3 Å². The van der Waals surface area contributed by atoms with Crippen LogP contribution in [0.1, 0.15) is 26.3 Å². The highest BCUT2D eigenvalue weighted by Crippen LogP contribution is 2.16. The van der Waals surface area contributed by atoms with Crippen LogP contribution in [0.3, 0.4) is 0 Å². The molecule has 0 aliphatic carbocycles. The van der Waals surface area contributed by atoms with Crippen molar-refractivity contribution >= 4 is 28.9 Å². The largest absolute Gasteiger partial charge is 0.450 e. The molecular formula is C16H22N2O2S. The van der Waals surface area contributed by atoms with E-state index in [-0.39, 0.29) is 0 Å². The zero-order chi connectivity index (χ0) is 15.7. The van der Waals surface area contributed by atoms with Gasteiger partial charge in [0.1, 0.15) is 4.99 Å². The number of thiocarbonyl (C=S) groups is 1. The van der Waals surface area contributed by atoms with Gasteiger partial charge in [0.2, 0.25) is 0 Å². The first-order valence-corrected chi connectivity index (χ1v) is 7.52. The molecule has 1 aromatic carbocycles. The van der Waals surface area contributed by atoms with Gasteiger partial charge in [-0.2, -0.15) is 0 Å². The molecule has 0 aromatic heterocycles. The predicted octanol–water partition coefficient (Wildman–Crippen LogP) is 3.44. The summed E-state index contributed by atoms with van der Waals surface area (Å²) in [6.07, 6.45) is 1.45. The summed E-state index contributed by atoms with van der Waals surface area (Å²) in [6, 6.07) is 9.76. The summed E-state index contributed by atoms with van der Waals surface area (Å²) in [5.74, 6) is 0. The summed E-state index contributed by atoms with van der Waals surface area (Å²) in [6.45, 7) is 7.96. The predicted molar refractivity (Wildman–Crippen MR) is 90.1 cm³/mol. The van der Waals surface area contributed by atoms with Crippen molar-refractivity contribution in [1.29, 1.82) is 0 Å². The quantitative estimate of drug-likeness (QED) is 0.646. The molecule has 1 amide bonds. The van der Waals surface area contributed by atoms with Crippen molar-refractivity contribution < 1.29 is 9.53 Å². The molecule has 5 heteroatoms. The minimum absolute atomic E-state index is 0.314. The second kappa shape index (κ2) is 9.13. The van der Waals surface area contributed by atoms with Crippen molar-refractivity contribution in [3.63, 3.8) is 0 Å². The number of carbonyl (C=O) groups is 1. The first-order chi connectivity index (χ1) is 10.1. The average molecular weight is 306 g/mol. The molecule has 21 heavy (non-hydrogen) atoms. The SMILES string of the molecule is CCOC(=O)NC(=S)/C(=C\N(CC)CC)c1ccccc1. The smallest absolute Gasteiger partial charge is 0.412 e. The van der Waals surface area contributed by atoms with E-state index in [9.17, 15) is 4.79 Å². The Morgan fingerprint density at radius 2 is 1.86 bits per heavy atom. The summed E-state index contributed by atoms with van der Waals surface area (Å²) >= 11 is 5.36. The first-order valence-electron chi connectivity index (χ1n) is 7.11. The van der Waals surface area contributed by atoms with Crippen LogP contribution in [-0.4, -0.2) is 35.7 Å². The maximum atomic E-state index is 11.6. The lowest BCUT2D eigenvalue weighted by Crippen LogP contribution is -2.31. The molecule has 0 heterocycles. The number of nitrogens with one attached hydrogen (secondary N) is 1. The van der Waals surface area contributed by atoms with Crippen LogP contribution in [0.2, 0.25) is 0 Å². The van der Waals surface area contributed by atoms with E-state index < -0.39 is 6.09 Å². The van der Waals surface area contributed by atoms with E-state index in [2.05, 4.69) is 24.1 Å². The second-order valence-electron chi connectivity index (χ2n) is 4.30. The van der Waals surface area contributed by atoms with E-state index in [1.165, 1.54) is 0 Å². The fourth-order valence-electron chi connectivity index (χ4n) is 1.80. The number of hydrogen-bond donors (Lipinski definition) is 1. The lowest BCUT2D eigenvalue weighted by molar-refractivity contribution is 0.158. The lowest BCUT2D eigenvalue weighted by atomic mass is 10.1. The summed E-state index contributed by atoms with van der Waals surface area (Å²) < 4.78 is 4.88. The zero-order valence-corrected chi connectivity index (χ0v) is 13.6. The monoisotopic (exact) mass is 306 g/mol. The summed E-state index contributed by atoms with van der Waals surface area (Å²) in [7, 11) is 0. The van der Waals surface area contributed by atoms with E-state index in [0.717, 1.165) is 24.2 Å². The van der Waals surface area contributed by atoms with Gasteiger partial charge >= 0.3 is 6.09 Å². The van der Waals surface area contributed by atoms with Crippen LogP contribution in [0.4, 0.5) is 4.79 Å². The highest BCUT2D eigenvalue weighted by molar-refractivity contribution is 7.81. The number of ether oxygens (including phenoxy) is 1. The van der Waals surface area contributed by atoms with E-state index in [1.54, 1.807) is 6.92 Å². The van der Waals surface area contributed by atoms with Crippen molar-refractivity contribution in [2.24, 2.45) is 0 Å². The van der Waals surface area contributed by atoms with Crippen molar-refractivity contribution in [1.82, 2.24) is 10.2 Å². The molecule has 1 aromatic rings. The third-order valence-electron chi connectivity index (χ3n) is 2.94. The molecule has 0 aliphatic heterocycles. The molecule has 0 spiro atoms. The Morgan fingerprint density at radius 1 is 1.24 bits per heavy atom. The Labute approximate surface area is 131 Å². The third kappa shape index (κ3) is 5.55. The average Bonchev–Trinajstić information content (AvgIpc) is 2.49. The van der Waals surface area contributed by atoms with Gasteiger partial charge in [0, 0.05) is 24.9 Å². The lowest BCUT2D eigenvalue weighted by Gasteiger charge is -2.19. The molecule has 0 fully saturated rings. The topological polar surface area (TPSA) is 41.6 Å². The normalized spacial score (nSPS) is 10.9. The first kappa shape index (κ1) is 17.2. The molecule has 0 atom stereocenters. The van der Waals surface area contributed by atoms with Gasteiger partial charge in [0.05, 0.1) is 6.61 Å². The third-order valence-corrected chi connectivity index (χ3v) is 3.27. The van der Waals surface area contributed by atoms with Gasteiger partial charge in [0.15, 0.2) is 0 Å². The molecule has 0 bridgehead atoms. The number of hydrogen-bond acceptors (Lipinski definition) is 4. The van der Waals surface area contributed by atoms with Crippen LogP contribution in [0.15, 0.2) is 36.5 Å². The second-order valence-corrected chi connectivity index (χ2v) is 4.71. The van der Waals surface area contributed by atoms with Crippen molar-refractivity contribution in [2.75, 3.05) is 19.7 Å². The minimum Gasteiger partial charge on any atom is -0.450 e. The number of rotatable bonds is 6. The van der Waals surface area contributed by atoms with Crippen LogP contribution in [0.25, 0.3) is 5.57 Å². The van der Waals surface area contributed by atoms with Gasteiger partial charge < -0.3 is 9.64 Å². The van der Waals surface area contributed by atoms with Crippen molar-refractivity contribution in [3.05, 3.63) is 42.1 Å². The molecule has 0 saturated carbocycles. The minimum atomic E-state index is -0.524.